The lowest BCUT2D eigenvalue weighted by molar-refractivity contribution is -0.200. The lowest BCUT2D eigenvalue weighted by atomic mass is 9.95. The highest BCUT2D eigenvalue weighted by molar-refractivity contribution is 5.85. The molecule has 6 rings (SSSR count). The number of amides is 1. The van der Waals surface area contributed by atoms with Gasteiger partial charge in [0.05, 0.1) is 6.33 Å². The summed E-state index contributed by atoms with van der Waals surface area (Å²) in [6.45, 7) is 1.47. The van der Waals surface area contributed by atoms with Crippen molar-refractivity contribution in [2.75, 3.05) is 23.8 Å². The summed E-state index contributed by atoms with van der Waals surface area (Å²) in [7, 11) is 0. The second-order valence-corrected chi connectivity index (χ2v) is 13.0. The number of carbonyl (C=O) groups is 1. The van der Waals surface area contributed by atoms with Gasteiger partial charge >= 0.3 is 0 Å². The van der Waals surface area contributed by atoms with Crippen LogP contribution in [0.3, 0.4) is 0 Å². The minimum Gasteiger partial charge on any atom is -0.365 e. The molecule has 0 spiro atoms. The van der Waals surface area contributed by atoms with Gasteiger partial charge in [-0.2, -0.15) is 9.97 Å². The Kier molecular flexibility index (Phi) is 12.1. The first-order valence-corrected chi connectivity index (χ1v) is 17.8. The summed E-state index contributed by atoms with van der Waals surface area (Å²) in [4.78, 5) is 32.0. The first-order valence-electron chi connectivity index (χ1n) is 17.8. The SMILES string of the molecule is O=C(CCCCCCCc1ccc(Nc2nc(NC3CCCCC3)c3ncn(C4CCCCO4)c3n2)cc1)NOC1CCCCO1. The van der Waals surface area contributed by atoms with Crippen molar-refractivity contribution in [1.82, 2.24) is 25.0 Å². The van der Waals surface area contributed by atoms with Crippen LogP contribution in [0.2, 0.25) is 0 Å². The molecule has 3 N–H and O–H groups in total. The van der Waals surface area contributed by atoms with Crippen LogP contribution in [-0.2, 0) is 25.5 Å². The van der Waals surface area contributed by atoms with Gasteiger partial charge in [0.15, 0.2) is 23.3 Å². The smallest absolute Gasteiger partial charge is 0.243 e. The Balaban J connectivity index is 0.971. The van der Waals surface area contributed by atoms with E-state index in [-0.39, 0.29) is 18.4 Å². The summed E-state index contributed by atoms with van der Waals surface area (Å²) in [5.74, 6) is 1.31. The third-order valence-electron chi connectivity index (χ3n) is 9.35. The molecule has 2 aliphatic heterocycles. The number of benzene rings is 1. The maximum absolute atomic E-state index is 12.0. The number of rotatable bonds is 15. The number of nitrogens with one attached hydrogen (secondary N) is 3. The summed E-state index contributed by atoms with van der Waals surface area (Å²) >= 11 is 0. The zero-order valence-electron chi connectivity index (χ0n) is 27.2. The van der Waals surface area contributed by atoms with Gasteiger partial charge in [0, 0.05) is 37.8 Å². The van der Waals surface area contributed by atoms with Crippen LogP contribution in [-0.4, -0.2) is 51.0 Å². The Morgan fingerprint density at radius 2 is 1.61 bits per heavy atom. The third-order valence-corrected chi connectivity index (χ3v) is 9.35. The van der Waals surface area contributed by atoms with E-state index < -0.39 is 0 Å². The van der Waals surface area contributed by atoms with E-state index in [0.717, 1.165) is 119 Å². The first kappa shape index (κ1) is 32.7. The van der Waals surface area contributed by atoms with Crippen molar-refractivity contribution in [2.45, 2.75) is 134 Å². The van der Waals surface area contributed by atoms with Crippen molar-refractivity contribution in [3.05, 3.63) is 36.2 Å². The van der Waals surface area contributed by atoms with Crippen molar-refractivity contribution in [1.29, 1.82) is 0 Å². The predicted octanol–water partition coefficient (Wildman–Crippen LogP) is 7.47. The average Bonchev–Trinajstić information content (AvgIpc) is 3.53. The molecule has 1 aliphatic carbocycles. The molecule has 46 heavy (non-hydrogen) atoms. The molecule has 0 radical (unpaired) electrons. The number of hydrogen-bond acceptors (Lipinski definition) is 9. The van der Waals surface area contributed by atoms with Gasteiger partial charge in [0.25, 0.3) is 0 Å². The lowest BCUT2D eigenvalue weighted by Crippen LogP contribution is -2.32. The van der Waals surface area contributed by atoms with Crippen LogP contribution in [0.4, 0.5) is 17.5 Å². The Morgan fingerprint density at radius 1 is 0.848 bits per heavy atom. The summed E-state index contributed by atoms with van der Waals surface area (Å²) in [6, 6.07) is 9.00. The largest absolute Gasteiger partial charge is 0.365 e. The highest BCUT2D eigenvalue weighted by atomic mass is 16.8. The highest BCUT2D eigenvalue weighted by Gasteiger charge is 2.23. The summed E-state index contributed by atoms with van der Waals surface area (Å²) in [5, 5.41) is 7.16. The second-order valence-electron chi connectivity index (χ2n) is 13.0. The van der Waals surface area contributed by atoms with E-state index in [1.807, 2.05) is 6.33 Å². The second kappa shape index (κ2) is 17.0. The van der Waals surface area contributed by atoms with Gasteiger partial charge in [-0.15, -0.1) is 0 Å². The zero-order chi connectivity index (χ0) is 31.4. The molecule has 0 bridgehead atoms. The van der Waals surface area contributed by atoms with Crippen LogP contribution in [0.1, 0.15) is 121 Å². The van der Waals surface area contributed by atoms with Crippen molar-refractivity contribution < 1.29 is 19.1 Å². The van der Waals surface area contributed by atoms with E-state index in [1.165, 1.54) is 24.8 Å². The number of imidazole rings is 1. The van der Waals surface area contributed by atoms with Gasteiger partial charge in [0.1, 0.15) is 6.23 Å². The molecule has 1 saturated carbocycles. The molecule has 250 valence electrons. The predicted molar refractivity (Wildman–Crippen MR) is 179 cm³/mol. The lowest BCUT2D eigenvalue weighted by Gasteiger charge is -2.25. The normalized spacial score (nSPS) is 20.9. The molecule has 11 nitrogen and oxygen atoms in total. The maximum Gasteiger partial charge on any atom is 0.243 e. The molecule has 11 heteroatoms. The Morgan fingerprint density at radius 3 is 2.39 bits per heavy atom. The van der Waals surface area contributed by atoms with Crippen LogP contribution in [0.25, 0.3) is 11.2 Å². The van der Waals surface area contributed by atoms with Crippen LogP contribution < -0.4 is 16.1 Å². The number of hydrogen-bond donors (Lipinski definition) is 3. The van der Waals surface area contributed by atoms with Crippen LogP contribution in [0, 0.1) is 0 Å². The van der Waals surface area contributed by atoms with E-state index >= 15 is 0 Å². The van der Waals surface area contributed by atoms with Crippen molar-refractivity contribution >= 4 is 34.5 Å². The molecule has 3 aliphatic rings. The van der Waals surface area contributed by atoms with Gasteiger partial charge in [-0.3, -0.25) is 9.36 Å². The van der Waals surface area contributed by atoms with Gasteiger partial charge in [0.2, 0.25) is 11.9 Å². The van der Waals surface area contributed by atoms with Gasteiger partial charge in [-0.05, 0) is 81.9 Å². The molecular weight excluding hydrogens is 582 g/mol. The topological polar surface area (TPSA) is 124 Å². The molecule has 2 unspecified atom stereocenters. The number of hydroxylamine groups is 1. The summed E-state index contributed by atoms with van der Waals surface area (Å²) in [5.41, 5.74) is 6.44. The molecule has 3 aromatic rings. The van der Waals surface area contributed by atoms with Crippen molar-refractivity contribution in [3.8, 4) is 0 Å². The van der Waals surface area contributed by atoms with Crippen molar-refractivity contribution in [3.63, 3.8) is 0 Å². The minimum absolute atomic E-state index is 0.0381. The monoisotopic (exact) mass is 633 g/mol. The fraction of sp³-hybridized carbons (Fsp3) is 0.657. The number of nitrogens with zero attached hydrogens (tertiary/aromatic N) is 4. The molecule has 2 saturated heterocycles. The molecular formula is C35H51N7O4. The number of ether oxygens (including phenoxy) is 2. The first-order chi connectivity index (χ1) is 22.7. The van der Waals surface area contributed by atoms with Crippen molar-refractivity contribution in [2.24, 2.45) is 0 Å². The zero-order valence-corrected chi connectivity index (χ0v) is 27.2. The molecule has 3 fully saturated rings. The molecule has 2 aromatic heterocycles. The number of aryl methyl sites for hydroxylation is 1. The molecule has 1 amide bonds. The van der Waals surface area contributed by atoms with Crippen LogP contribution in [0.15, 0.2) is 30.6 Å². The third kappa shape index (κ3) is 9.39. The molecule has 2 atom stereocenters. The quantitative estimate of drug-likeness (QED) is 0.115. The minimum atomic E-state index is -0.293. The number of anilines is 3. The van der Waals surface area contributed by atoms with E-state index in [1.54, 1.807) is 0 Å². The maximum atomic E-state index is 12.0. The summed E-state index contributed by atoms with van der Waals surface area (Å²) in [6.07, 6.45) is 20.7. The van der Waals surface area contributed by atoms with Crippen LogP contribution >= 0.6 is 0 Å². The van der Waals surface area contributed by atoms with E-state index in [0.29, 0.717) is 25.0 Å². The fourth-order valence-electron chi connectivity index (χ4n) is 6.68. The van der Waals surface area contributed by atoms with E-state index in [2.05, 4.69) is 44.9 Å². The number of aromatic nitrogens is 4. The number of fused-ring (bicyclic) bond motifs is 1. The van der Waals surface area contributed by atoms with Gasteiger partial charge in [-0.1, -0.05) is 50.7 Å². The Hall–Kier alpha value is -3.28. The Bertz CT molecular complexity index is 1360. The summed E-state index contributed by atoms with van der Waals surface area (Å²) < 4.78 is 13.6. The van der Waals surface area contributed by atoms with Gasteiger partial charge in [-0.25, -0.2) is 15.3 Å². The van der Waals surface area contributed by atoms with E-state index in [9.17, 15) is 4.79 Å². The number of unbranched alkanes of at least 4 members (excludes halogenated alkanes) is 4. The fourth-order valence-corrected chi connectivity index (χ4v) is 6.68. The number of carbonyl (C=O) groups excluding carboxylic acids is 1. The van der Waals surface area contributed by atoms with Gasteiger partial charge < -0.3 is 20.1 Å². The average molecular weight is 634 g/mol. The Labute approximate surface area is 272 Å². The van der Waals surface area contributed by atoms with E-state index in [4.69, 9.17) is 29.3 Å². The van der Waals surface area contributed by atoms with Crippen LogP contribution in [0.5, 0.6) is 0 Å². The molecule has 1 aromatic carbocycles. The highest BCUT2D eigenvalue weighted by Crippen LogP contribution is 2.31. The standard InChI is InChI=1S/C35H51N7O4/c43-29(41-46-31-18-10-12-24-45-31)16-8-3-1-2-5-13-26-19-21-28(22-20-26)38-35-39-33(37-27-14-6-4-7-15-27)32-34(40-35)42(25-36-32)30-17-9-11-23-44-30/h19-22,25,27,30-31H,1-18,23-24H2,(H,41,43)(H2,37,38,39,40). The molecule has 4 heterocycles.